The van der Waals surface area contributed by atoms with Gasteiger partial charge in [-0.15, -0.1) is 11.3 Å². The molecule has 0 aromatic carbocycles. The van der Waals surface area contributed by atoms with Gasteiger partial charge in [-0.3, -0.25) is 0 Å². The van der Waals surface area contributed by atoms with E-state index in [2.05, 4.69) is 18.0 Å². The van der Waals surface area contributed by atoms with Crippen molar-refractivity contribution in [1.82, 2.24) is 0 Å². The molecule has 2 N–H and O–H groups in total. The molecular formula is C9H15ClN2S. The third-order valence-electron chi connectivity index (χ3n) is 1.88. The zero-order valence-electron chi connectivity index (χ0n) is 7.79. The molecule has 0 spiro atoms. The molecule has 1 aromatic heterocycles. The van der Waals surface area contributed by atoms with Crippen molar-refractivity contribution >= 4 is 27.9 Å². The number of anilines is 1. The van der Waals surface area contributed by atoms with Gasteiger partial charge in [0.1, 0.15) is 0 Å². The van der Waals surface area contributed by atoms with Gasteiger partial charge in [-0.25, -0.2) is 0 Å². The molecule has 74 valence electrons. The van der Waals surface area contributed by atoms with E-state index >= 15 is 0 Å². The van der Waals surface area contributed by atoms with Crippen LogP contribution >= 0.6 is 22.9 Å². The van der Waals surface area contributed by atoms with Crippen molar-refractivity contribution < 1.29 is 0 Å². The Bertz CT molecular complexity index is 250. The Balaban J connectivity index is 2.35. The summed E-state index contributed by atoms with van der Waals surface area (Å²) in [5.74, 6) is 0. The molecule has 0 fully saturated rings. The van der Waals surface area contributed by atoms with Gasteiger partial charge in [0.25, 0.3) is 0 Å². The van der Waals surface area contributed by atoms with E-state index in [-0.39, 0.29) is 0 Å². The van der Waals surface area contributed by atoms with Crippen LogP contribution in [0.4, 0.5) is 5.00 Å². The molecule has 13 heavy (non-hydrogen) atoms. The molecule has 0 aliphatic rings. The van der Waals surface area contributed by atoms with Gasteiger partial charge in [0.05, 0.1) is 9.34 Å². The minimum absolute atomic E-state index is 0.777. The summed E-state index contributed by atoms with van der Waals surface area (Å²) >= 11 is 7.45. The molecule has 1 heterocycles. The normalized spacial score (nSPS) is 10.4. The third kappa shape index (κ3) is 3.55. The van der Waals surface area contributed by atoms with Gasteiger partial charge < -0.3 is 10.6 Å². The van der Waals surface area contributed by atoms with Gasteiger partial charge >= 0.3 is 0 Å². The molecule has 0 saturated carbocycles. The van der Waals surface area contributed by atoms with E-state index in [0.717, 1.165) is 30.3 Å². The molecular weight excluding hydrogens is 204 g/mol. The van der Waals surface area contributed by atoms with Gasteiger partial charge in [0.15, 0.2) is 0 Å². The van der Waals surface area contributed by atoms with Crippen LogP contribution < -0.4 is 10.6 Å². The van der Waals surface area contributed by atoms with E-state index in [4.69, 9.17) is 17.3 Å². The molecule has 0 atom stereocenters. The molecule has 2 nitrogen and oxygen atoms in total. The van der Waals surface area contributed by atoms with Crippen LogP contribution in [0.2, 0.25) is 4.34 Å². The van der Waals surface area contributed by atoms with Crippen molar-refractivity contribution in [2.75, 3.05) is 25.0 Å². The van der Waals surface area contributed by atoms with E-state index in [1.165, 1.54) is 5.00 Å². The fourth-order valence-electron chi connectivity index (χ4n) is 1.11. The lowest BCUT2D eigenvalue weighted by Gasteiger charge is -2.16. The van der Waals surface area contributed by atoms with Gasteiger partial charge in [-0.1, -0.05) is 11.6 Å². The fraction of sp³-hybridized carbons (Fsp3) is 0.556. The summed E-state index contributed by atoms with van der Waals surface area (Å²) in [6.45, 7) is 1.83. The number of thiophene rings is 1. The molecule has 1 aromatic rings. The monoisotopic (exact) mass is 218 g/mol. The molecule has 0 radical (unpaired) electrons. The number of nitrogens with zero attached hydrogens (tertiary/aromatic N) is 1. The first-order valence-electron chi connectivity index (χ1n) is 4.40. The average Bonchev–Trinajstić information content (AvgIpc) is 2.52. The topological polar surface area (TPSA) is 29.3 Å². The van der Waals surface area contributed by atoms with Crippen LogP contribution in [-0.4, -0.2) is 20.1 Å². The summed E-state index contributed by atoms with van der Waals surface area (Å²) in [5.41, 5.74) is 5.42. The van der Waals surface area contributed by atoms with E-state index in [1.54, 1.807) is 11.3 Å². The summed E-state index contributed by atoms with van der Waals surface area (Å²) in [5, 5.41) is 1.22. The maximum atomic E-state index is 5.84. The number of halogens is 1. The van der Waals surface area contributed by atoms with Gasteiger partial charge in [-0.2, -0.15) is 0 Å². The largest absolute Gasteiger partial charge is 0.366 e. The van der Waals surface area contributed by atoms with Crippen LogP contribution in [0, 0.1) is 0 Å². The van der Waals surface area contributed by atoms with Crippen LogP contribution in [0.15, 0.2) is 12.1 Å². The first-order valence-corrected chi connectivity index (χ1v) is 5.60. The minimum atomic E-state index is 0.777. The van der Waals surface area contributed by atoms with Crippen LogP contribution in [0.3, 0.4) is 0 Å². The van der Waals surface area contributed by atoms with E-state index in [1.807, 2.05) is 6.07 Å². The Morgan fingerprint density at radius 1 is 1.46 bits per heavy atom. The second kappa shape index (κ2) is 5.47. The summed E-state index contributed by atoms with van der Waals surface area (Å²) < 4.78 is 0.848. The second-order valence-corrected chi connectivity index (χ2v) is 4.69. The van der Waals surface area contributed by atoms with Gasteiger partial charge in [-0.05, 0) is 31.5 Å². The molecule has 4 heteroatoms. The molecule has 0 aliphatic carbocycles. The number of nitrogens with two attached hydrogens (primary N) is 1. The zero-order chi connectivity index (χ0) is 9.68. The van der Waals surface area contributed by atoms with Gasteiger partial charge in [0, 0.05) is 13.6 Å². The Labute approximate surface area is 88.3 Å². The Morgan fingerprint density at radius 2 is 2.23 bits per heavy atom. The van der Waals surface area contributed by atoms with Crippen molar-refractivity contribution in [3.63, 3.8) is 0 Å². The second-order valence-electron chi connectivity index (χ2n) is 3.00. The molecule has 1 rings (SSSR count). The predicted molar refractivity (Wildman–Crippen MR) is 60.9 cm³/mol. The fourth-order valence-corrected chi connectivity index (χ4v) is 2.13. The van der Waals surface area contributed by atoms with Crippen LogP contribution in [0.25, 0.3) is 0 Å². The minimum Gasteiger partial charge on any atom is -0.366 e. The highest BCUT2D eigenvalue weighted by Crippen LogP contribution is 2.28. The van der Waals surface area contributed by atoms with Crippen LogP contribution in [-0.2, 0) is 0 Å². The number of hydrogen-bond acceptors (Lipinski definition) is 3. The number of hydrogen-bond donors (Lipinski definition) is 1. The zero-order valence-corrected chi connectivity index (χ0v) is 9.37. The van der Waals surface area contributed by atoms with Crippen LogP contribution in [0.5, 0.6) is 0 Å². The SMILES string of the molecule is CN(CCCCN)c1ccc(Cl)s1. The first-order chi connectivity index (χ1) is 6.24. The summed E-state index contributed by atoms with van der Waals surface area (Å²) in [7, 11) is 2.08. The molecule has 0 amide bonds. The predicted octanol–water partition coefficient (Wildman–Crippen LogP) is 2.58. The molecule has 0 unspecified atom stereocenters. The lowest BCUT2D eigenvalue weighted by Crippen LogP contribution is -2.18. The number of rotatable bonds is 5. The first kappa shape index (κ1) is 10.8. The smallest absolute Gasteiger partial charge is 0.0950 e. The Kier molecular flexibility index (Phi) is 4.56. The highest BCUT2D eigenvalue weighted by atomic mass is 35.5. The average molecular weight is 219 g/mol. The van der Waals surface area contributed by atoms with Gasteiger partial charge in [0.2, 0.25) is 0 Å². The van der Waals surface area contributed by atoms with Crippen molar-refractivity contribution in [1.29, 1.82) is 0 Å². The quantitative estimate of drug-likeness (QED) is 0.770. The van der Waals surface area contributed by atoms with E-state index < -0.39 is 0 Å². The lowest BCUT2D eigenvalue weighted by atomic mass is 10.3. The molecule has 0 bridgehead atoms. The summed E-state index contributed by atoms with van der Waals surface area (Å²) in [4.78, 5) is 2.21. The lowest BCUT2D eigenvalue weighted by molar-refractivity contribution is 0.731. The van der Waals surface area contributed by atoms with Crippen molar-refractivity contribution in [2.24, 2.45) is 5.73 Å². The van der Waals surface area contributed by atoms with E-state index in [0.29, 0.717) is 0 Å². The summed E-state index contributed by atoms with van der Waals surface area (Å²) in [6, 6.07) is 3.98. The molecule has 0 saturated heterocycles. The highest BCUT2D eigenvalue weighted by Gasteiger charge is 2.02. The number of unbranched alkanes of at least 4 members (excludes halogenated alkanes) is 1. The third-order valence-corrected chi connectivity index (χ3v) is 3.23. The van der Waals surface area contributed by atoms with Crippen molar-refractivity contribution in [3.05, 3.63) is 16.5 Å². The Hall–Kier alpha value is -0.250. The highest BCUT2D eigenvalue weighted by molar-refractivity contribution is 7.19. The van der Waals surface area contributed by atoms with Crippen molar-refractivity contribution in [3.8, 4) is 0 Å². The molecule has 0 aliphatic heterocycles. The van der Waals surface area contributed by atoms with Crippen molar-refractivity contribution in [2.45, 2.75) is 12.8 Å². The maximum Gasteiger partial charge on any atom is 0.0950 e. The standard InChI is InChI=1S/C9H15ClN2S/c1-12(7-3-2-6-11)9-5-4-8(10)13-9/h4-5H,2-3,6-7,11H2,1H3. The summed E-state index contributed by atoms with van der Waals surface area (Å²) in [6.07, 6.45) is 2.23. The Morgan fingerprint density at radius 3 is 2.77 bits per heavy atom. The van der Waals surface area contributed by atoms with Crippen LogP contribution in [0.1, 0.15) is 12.8 Å². The maximum absolute atomic E-state index is 5.84. The van der Waals surface area contributed by atoms with E-state index in [9.17, 15) is 0 Å².